The van der Waals surface area contributed by atoms with Crippen LogP contribution in [0.1, 0.15) is 0 Å². The van der Waals surface area contributed by atoms with Gasteiger partial charge in [0.2, 0.25) is 0 Å². The maximum Gasteiger partial charge on any atom is 0.177 e. The van der Waals surface area contributed by atoms with Crippen molar-refractivity contribution in [1.82, 2.24) is 0 Å². The molecule has 1 N–H and O–H groups in total. The molecule has 1 aromatic rings. The maximum atomic E-state index is 11.7. The first kappa shape index (κ1) is 13.3. The highest BCUT2D eigenvalue weighted by Gasteiger charge is 2.24. The standard InChI is InChI=1S/C12H17NO4S/c1-18(15,16)12-5-3-2-4-11(12)13-6-7-17-10(8-13)9-14/h2-5,10,14H,6-9H2,1H3. The van der Waals surface area contributed by atoms with Gasteiger partial charge in [0.05, 0.1) is 29.9 Å². The van der Waals surface area contributed by atoms with Crippen molar-refractivity contribution in [2.24, 2.45) is 0 Å². The summed E-state index contributed by atoms with van der Waals surface area (Å²) >= 11 is 0. The van der Waals surface area contributed by atoms with Gasteiger partial charge in [-0.25, -0.2) is 8.42 Å². The number of anilines is 1. The van der Waals surface area contributed by atoms with Gasteiger partial charge in [-0.3, -0.25) is 0 Å². The quantitative estimate of drug-likeness (QED) is 0.856. The van der Waals surface area contributed by atoms with Crippen LogP contribution in [0, 0.1) is 0 Å². The molecule has 0 saturated carbocycles. The summed E-state index contributed by atoms with van der Waals surface area (Å²) in [6.45, 7) is 1.56. The number of ether oxygens (including phenoxy) is 1. The van der Waals surface area contributed by atoms with Crippen molar-refractivity contribution in [3.63, 3.8) is 0 Å². The molecule has 100 valence electrons. The molecule has 1 aromatic carbocycles. The van der Waals surface area contributed by atoms with Crippen molar-refractivity contribution in [2.45, 2.75) is 11.0 Å². The topological polar surface area (TPSA) is 66.8 Å². The third kappa shape index (κ3) is 2.82. The second kappa shape index (κ2) is 5.26. The summed E-state index contributed by atoms with van der Waals surface area (Å²) in [4.78, 5) is 2.27. The zero-order valence-electron chi connectivity index (χ0n) is 10.2. The summed E-state index contributed by atoms with van der Waals surface area (Å²) in [7, 11) is -3.25. The second-order valence-corrected chi connectivity index (χ2v) is 6.35. The fourth-order valence-corrected chi connectivity index (χ4v) is 2.98. The molecule has 0 bridgehead atoms. The first-order valence-corrected chi connectivity index (χ1v) is 7.68. The minimum absolute atomic E-state index is 0.0580. The van der Waals surface area contributed by atoms with Gasteiger partial charge in [-0.15, -0.1) is 0 Å². The molecule has 2 rings (SSSR count). The first-order chi connectivity index (χ1) is 8.52. The van der Waals surface area contributed by atoms with Crippen LogP contribution < -0.4 is 4.90 Å². The van der Waals surface area contributed by atoms with E-state index in [9.17, 15) is 8.42 Å². The highest BCUT2D eigenvalue weighted by Crippen LogP contribution is 2.26. The van der Waals surface area contributed by atoms with Gasteiger partial charge in [0.1, 0.15) is 0 Å². The average Bonchev–Trinajstić information content (AvgIpc) is 2.38. The lowest BCUT2D eigenvalue weighted by molar-refractivity contribution is 0.00344. The molecular weight excluding hydrogens is 254 g/mol. The second-order valence-electron chi connectivity index (χ2n) is 4.36. The average molecular weight is 271 g/mol. The maximum absolute atomic E-state index is 11.7. The van der Waals surface area contributed by atoms with E-state index >= 15 is 0 Å². The van der Waals surface area contributed by atoms with Crippen molar-refractivity contribution in [1.29, 1.82) is 0 Å². The van der Waals surface area contributed by atoms with Gasteiger partial charge in [-0.1, -0.05) is 12.1 Å². The predicted octanol–water partition coefficient (Wildman–Crippen LogP) is 0.288. The summed E-state index contributed by atoms with van der Waals surface area (Å²) in [5.74, 6) is 0. The number of aliphatic hydroxyl groups excluding tert-OH is 1. The Hall–Kier alpha value is -1.11. The van der Waals surface area contributed by atoms with E-state index in [1.807, 2.05) is 11.0 Å². The molecule has 0 aromatic heterocycles. The van der Waals surface area contributed by atoms with E-state index in [1.165, 1.54) is 6.26 Å². The Bertz CT molecular complexity index is 515. The van der Waals surface area contributed by atoms with E-state index < -0.39 is 9.84 Å². The zero-order valence-corrected chi connectivity index (χ0v) is 11.1. The summed E-state index contributed by atoms with van der Waals surface area (Å²) < 4.78 is 28.8. The van der Waals surface area contributed by atoms with E-state index in [-0.39, 0.29) is 12.7 Å². The fraction of sp³-hybridized carbons (Fsp3) is 0.500. The highest BCUT2D eigenvalue weighted by molar-refractivity contribution is 7.90. The summed E-state index contributed by atoms with van der Waals surface area (Å²) in [5, 5.41) is 9.11. The van der Waals surface area contributed by atoms with Gasteiger partial charge < -0.3 is 14.7 Å². The Morgan fingerprint density at radius 2 is 2.17 bits per heavy atom. The van der Waals surface area contributed by atoms with Crippen LogP contribution in [0.5, 0.6) is 0 Å². The number of morpholine rings is 1. The SMILES string of the molecule is CS(=O)(=O)c1ccccc1N1CCOC(CO)C1. The largest absolute Gasteiger partial charge is 0.394 e. The Morgan fingerprint density at radius 1 is 1.44 bits per heavy atom. The molecule has 0 amide bonds. The molecule has 1 unspecified atom stereocenters. The number of nitrogens with zero attached hydrogens (tertiary/aromatic N) is 1. The van der Waals surface area contributed by atoms with Crippen LogP contribution in [-0.2, 0) is 14.6 Å². The zero-order chi connectivity index (χ0) is 13.2. The van der Waals surface area contributed by atoms with Crippen LogP contribution in [0.3, 0.4) is 0 Å². The molecule has 18 heavy (non-hydrogen) atoms. The predicted molar refractivity (Wildman–Crippen MR) is 68.6 cm³/mol. The van der Waals surface area contributed by atoms with Gasteiger partial charge in [-0.2, -0.15) is 0 Å². The summed E-state index contributed by atoms with van der Waals surface area (Å²) in [6.07, 6.45) is 0.946. The van der Waals surface area contributed by atoms with Crippen molar-refractivity contribution in [3.8, 4) is 0 Å². The number of hydrogen-bond donors (Lipinski definition) is 1. The Labute approximate surface area is 107 Å². The molecule has 1 aliphatic heterocycles. The molecular formula is C12H17NO4S. The van der Waals surface area contributed by atoms with Crippen LogP contribution in [0.15, 0.2) is 29.2 Å². The Balaban J connectivity index is 2.33. The minimum Gasteiger partial charge on any atom is -0.394 e. The molecule has 0 radical (unpaired) electrons. The smallest absolute Gasteiger partial charge is 0.177 e. The monoisotopic (exact) mass is 271 g/mol. The Morgan fingerprint density at radius 3 is 2.83 bits per heavy atom. The normalized spacial score (nSPS) is 21.0. The molecule has 6 heteroatoms. The molecule has 1 saturated heterocycles. The summed E-state index contributed by atoms with van der Waals surface area (Å²) in [6, 6.07) is 6.92. The lowest BCUT2D eigenvalue weighted by Crippen LogP contribution is -2.44. The molecule has 1 heterocycles. The van der Waals surface area contributed by atoms with Crippen molar-refractivity contribution in [2.75, 3.05) is 37.5 Å². The van der Waals surface area contributed by atoms with Gasteiger partial charge in [0.15, 0.2) is 9.84 Å². The van der Waals surface area contributed by atoms with Gasteiger partial charge in [0, 0.05) is 19.3 Å². The van der Waals surface area contributed by atoms with E-state index in [1.54, 1.807) is 18.2 Å². The minimum atomic E-state index is -3.25. The third-order valence-corrected chi connectivity index (χ3v) is 4.09. The van der Waals surface area contributed by atoms with Gasteiger partial charge in [0.25, 0.3) is 0 Å². The van der Waals surface area contributed by atoms with Gasteiger partial charge in [-0.05, 0) is 12.1 Å². The third-order valence-electron chi connectivity index (χ3n) is 2.95. The molecule has 5 nitrogen and oxygen atoms in total. The number of rotatable bonds is 3. The van der Waals surface area contributed by atoms with Gasteiger partial charge >= 0.3 is 0 Å². The molecule has 0 aliphatic carbocycles. The van der Waals surface area contributed by atoms with E-state index in [0.29, 0.717) is 30.3 Å². The van der Waals surface area contributed by atoms with Crippen molar-refractivity contribution in [3.05, 3.63) is 24.3 Å². The highest BCUT2D eigenvalue weighted by atomic mass is 32.2. The molecule has 1 aliphatic rings. The van der Waals surface area contributed by atoms with Crippen LogP contribution in [-0.4, -0.2) is 52.2 Å². The lowest BCUT2D eigenvalue weighted by atomic mass is 10.2. The molecule has 1 fully saturated rings. The van der Waals surface area contributed by atoms with E-state index in [4.69, 9.17) is 9.84 Å². The number of para-hydroxylation sites is 1. The fourth-order valence-electron chi connectivity index (χ4n) is 2.08. The van der Waals surface area contributed by atoms with Crippen molar-refractivity contribution >= 4 is 15.5 Å². The number of aliphatic hydroxyl groups is 1. The lowest BCUT2D eigenvalue weighted by Gasteiger charge is -2.34. The first-order valence-electron chi connectivity index (χ1n) is 5.79. The summed E-state index contributed by atoms with van der Waals surface area (Å²) in [5.41, 5.74) is 0.682. The van der Waals surface area contributed by atoms with Crippen LogP contribution in [0.4, 0.5) is 5.69 Å². The number of hydrogen-bond acceptors (Lipinski definition) is 5. The Kier molecular flexibility index (Phi) is 3.89. The van der Waals surface area contributed by atoms with Crippen LogP contribution >= 0.6 is 0 Å². The number of sulfone groups is 1. The van der Waals surface area contributed by atoms with E-state index in [2.05, 4.69) is 0 Å². The van der Waals surface area contributed by atoms with Crippen molar-refractivity contribution < 1.29 is 18.3 Å². The van der Waals surface area contributed by atoms with Crippen LogP contribution in [0.25, 0.3) is 0 Å². The van der Waals surface area contributed by atoms with Crippen LogP contribution in [0.2, 0.25) is 0 Å². The number of benzene rings is 1. The molecule has 1 atom stereocenters. The molecule has 0 spiro atoms. The van der Waals surface area contributed by atoms with E-state index in [0.717, 1.165) is 0 Å².